The quantitative estimate of drug-likeness (QED) is 0.553. The van der Waals surface area contributed by atoms with Crippen LogP contribution in [0.3, 0.4) is 0 Å². The van der Waals surface area contributed by atoms with E-state index < -0.39 is 0 Å². The van der Waals surface area contributed by atoms with Gasteiger partial charge in [0.2, 0.25) is 5.91 Å². The summed E-state index contributed by atoms with van der Waals surface area (Å²) in [6, 6.07) is 0. The zero-order valence-electron chi connectivity index (χ0n) is 6.49. The number of amides is 1. The van der Waals surface area contributed by atoms with Crippen molar-refractivity contribution in [1.29, 1.82) is 0 Å². The minimum absolute atomic E-state index is 0.215. The number of carbonyl (C=O) groups excluding carboxylic acids is 1. The average Bonchev–Trinajstić information content (AvgIpc) is 2.55. The largest absolute Gasteiger partial charge is 0.273 e. The van der Waals surface area contributed by atoms with Gasteiger partial charge in [0.1, 0.15) is 0 Å². The molecule has 1 saturated heterocycles. The Morgan fingerprint density at radius 2 is 2.00 bits per heavy atom. The first kappa shape index (κ1) is 6.85. The van der Waals surface area contributed by atoms with E-state index in [9.17, 15) is 4.79 Å². The molecule has 2 heterocycles. The van der Waals surface area contributed by atoms with Crippen LogP contribution in [0.15, 0.2) is 12.3 Å². The molecule has 1 fully saturated rings. The first-order valence-electron chi connectivity index (χ1n) is 4.11. The van der Waals surface area contributed by atoms with E-state index in [-0.39, 0.29) is 5.91 Å². The van der Waals surface area contributed by atoms with Gasteiger partial charge in [-0.2, -0.15) is 0 Å². The van der Waals surface area contributed by atoms with Crippen LogP contribution in [0.2, 0.25) is 0 Å². The third kappa shape index (κ3) is 1.16. The summed E-state index contributed by atoms with van der Waals surface area (Å²) in [5.74, 6) is 0.215. The number of nitrogens with zero attached hydrogens (tertiary/aromatic N) is 2. The molecular weight excluding hydrogens is 140 g/mol. The molecule has 0 saturated carbocycles. The highest BCUT2D eigenvalue weighted by Crippen LogP contribution is 2.16. The number of hydrazine groups is 1. The number of hydrogen-bond donors (Lipinski definition) is 0. The Balaban J connectivity index is 2.02. The number of carbonyl (C=O) groups is 1. The number of hydrogen-bond acceptors (Lipinski definition) is 2. The van der Waals surface area contributed by atoms with Crippen LogP contribution in [-0.4, -0.2) is 29.0 Å². The van der Waals surface area contributed by atoms with Crippen molar-refractivity contribution in [3.63, 3.8) is 0 Å². The van der Waals surface area contributed by atoms with E-state index in [2.05, 4.69) is 5.01 Å². The van der Waals surface area contributed by atoms with Crippen molar-refractivity contribution in [3.05, 3.63) is 12.3 Å². The molecule has 0 aromatic rings. The van der Waals surface area contributed by atoms with E-state index in [1.165, 1.54) is 12.8 Å². The fourth-order valence-electron chi connectivity index (χ4n) is 1.60. The second-order valence-corrected chi connectivity index (χ2v) is 2.99. The normalized spacial score (nSPS) is 25.5. The first-order chi connectivity index (χ1) is 5.38. The predicted molar refractivity (Wildman–Crippen MR) is 41.4 cm³/mol. The molecular formula is C8H12N2O. The van der Waals surface area contributed by atoms with Gasteiger partial charge in [-0.15, -0.1) is 0 Å². The van der Waals surface area contributed by atoms with Gasteiger partial charge in [-0.25, -0.2) is 5.01 Å². The maximum absolute atomic E-state index is 11.2. The van der Waals surface area contributed by atoms with Gasteiger partial charge in [-0.3, -0.25) is 9.80 Å². The maximum Gasteiger partial charge on any atom is 0.244 e. The lowest BCUT2D eigenvalue weighted by Crippen LogP contribution is -2.38. The van der Waals surface area contributed by atoms with Crippen molar-refractivity contribution < 1.29 is 4.79 Å². The molecule has 0 radical (unpaired) electrons. The predicted octanol–water partition coefficient (Wildman–Crippen LogP) is 0.743. The lowest BCUT2D eigenvalue weighted by molar-refractivity contribution is -0.138. The van der Waals surface area contributed by atoms with Crippen LogP contribution in [0.1, 0.15) is 19.3 Å². The molecule has 0 atom stereocenters. The second kappa shape index (κ2) is 2.66. The summed E-state index contributed by atoms with van der Waals surface area (Å²) < 4.78 is 0. The molecule has 0 bridgehead atoms. The highest BCUT2D eigenvalue weighted by Gasteiger charge is 2.24. The van der Waals surface area contributed by atoms with Gasteiger partial charge >= 0.3 is 0 Å². The third-order valence-electron chi connectivity index (χ3n) is 2.18. The fourth-order valence-corrected chi connectivity index (χ4v) is 1.60. The molecule has 1 amide bonds. The SMILES string of the molecule is O=C1CC=CN1N1CCCC1. The molecule has 0 unspecified atom stereocenters. The molecule has 0 aliphatic carbocycles. The van der Waals surface area contributed by atoms with E-state index in [0.717, 1.165) is 13.1 Å². The molecule has 60 valence electrons. The van der Waals surface area contributed by atoms with Crippen molar-refractivity contribution in [2.75, 3.05) is 13.1 Å². The van der Waals surface area contributed by atoms with Crippen molar-refractivity contribution in [2.24, 2.45) is 0 Å². The summed E-state index contributed by atoms with van der Waals surface area (Å²) in [4.78, 5) is 11.2. The summed E-state index contributed by atoms with van der Waals surface area (Å²) >= 11 is 0. The molecule has 3 nitrogen and oxygen atoms in total. The van der Waals surface area contributed by atoms with Crippen molar-refractivity contribution in [3.8, 4) is 0 Å². The standard InChI is InChI=1S/C8H12N2O/c11-8-4-3-7-10(8)9-5-1-2-6-9/h3,7H,1-2,4-6H2. The summed E-state index contributed by atoms with van der Waals surface area (Å²) in [6.07, 6.45) is 6.82. The fraction of sp³-hybridized carbons (Fsp3) is 0.625. The zero-order valence-corrected chi connectivity index (χ0v) is 6.49. The second-order valence-electron chi connectivity index (χ2n) is 2.99. The Hall–Kier alpha value is -0.830. The Kier molecular flexibility index (Phi) is 1.66. The molecule has 2 rings (SSSR count). The molecule has 0 aromatic heterocycles. The van der Waals surface area contributed by atoms with Crippen LogP contribution < -0.4 is 0 Å². The van der Waals surface area contributed by atoms with Crippen LogP contribution in [0.5, 0.6) is 0 Å². The van der Waals surface area contributed by atoms with Gasteiger partial charge in [0.05, 0.1) is 0 Å². The number of rotatable bonds is 1. The monoisotopic (exact) mass is 152 g/mol. The summed E-state index contributed by atoms with van der Waals surface area (Å²) in [6.45, 7) is 2.08. The Morgan fingerprint density at radius 1 is 1.27 bits per heavy atom. The van der Waals surface area contributed by atoms with E-state index in [0.29, 0.717) is 6.42 Å². The molecule has 2 aliphatic rings. The van der Waals surface area contributed by atoms with E-state index in [1.807, 2.05) is 12.3 Å². The minimum Gasteiger partial charge on any atom is -0.273 e. The Morgan fingerprint density at radius 3 is 2.55 bits per heavy atom. The van der Waals surface area contributed by atoms with Crippen molar-refractivity contribution in [1.82, 2.24) is 10.0 Å². The lowest BCUT2D eigenvalue weighted by atomic mass is 10.4. The van der Waals surface area contributed by atoms with E-state index in [1.54, 1.807) is 5.01 Å². The lowest BCUT2D eigenvalue weighted by Gasteiger charge is -2.24. The van der Waals surface area contributed by atoms with Gasteiger partial charge in [0.25, 0.3) is 0 Å². The summed E-state index contributed by atoms with van der Waals surface area (Å²) in [5.41, 5.74) is 0. The van der Waals surface area contributed by atoms with Crippen LogP contribution in [0, 0.1) is 0 Å². The molecule has 0 spiro atoms. The maximum atomic E-state index is 11.2. The van der Waals surface area contributed by atoms with Crippen molar-refractivity contribution in [2.45, 2.75) is 19.3 Å². The van der Waals surface area contributed by atoms with Crippen LogP contribution in [-0.2, 0) is 4.79 Å². The van der Waals surface area contributed by atoms with Crippen LogP contribution >= 0.6 is 0 Å². The Labute approximate surface area is 66.2 Å². The van der Waals surface area contributed by atoms with E-state index in [4.69, 9.17) is 0 Å². The van der Waals surface area contributed by atoms with E-state index >= 15 is 0 Å². The van der Waals surface area contributed by atoms with Crippen LogP contribution in [0.25, 0.3) is 0 Å². The highest BCUT2D eigenvalue weighted by atomic mass is 16.2. The van der Waals surface area contributed by atoms with Gasteiger partial charge in [0.15, 0.2) is 0 Å². The molecule has 3 heteroatoms. The van der Waals surface area contributed by atoms with Gasteiger partial charge < -0.3 is 0 Å². The highest BCUT2D eigenvalue weighted by molar-refractivity contribution is 5.80. The minimum atomic E-state index is 0.215. The summed E-state index contributed by atoms with van der Waals surface area (Å²) in [7, 11) is 0. The molecule has 0 N–H and O–H groups in total. The molecule has 11 heavy (non-hydrogen) atoms. The van der Waals surface area contributed by atoms with Gasteiger partial charge in [-0.1, -0.05) is 6.08 Å². The molecule has 0 aromatic carbocycles. The van der Waals surface area contributed by atoms with Gasteiger partial charge in [-0.05, 0) is 12.8 Å². The molecule has 2 aliphatic heterocycles. The topological polar surface area (TPSA) is 23.6 Å². The third-order valence-corrected chi connectivity index (χ3v) is 2.18. The van der Waals surface area contributed by atoms with Gasteiger partial charge in [0, 0.05) is 25.7 Å². The average molecular weight is 152 g/mol. The smallest absolute Gasteiger partial charge is 0.244 e. The Bertz CT molecular complexity index is 194. The summed E-state index contributed by atoms with van der Waals surface area (Å²) in [5, 5.41) is 3.87. The first-order valence-corrected chi connectivity index (χ1v) is 4.11. The zero-order chi connectivity index (χ0) is 7.68. The van der Waals surface area contributed by atoms with Crippen LogP contribution in [0.4, 0.5) is 0 Å². The van der Waals surface area contributed by atoms with Crippen molar-refractivity contribution >= 4 is 5.91 Å².